The normalized spacial score (nSPS) is 14.2. The van der Waals surface area contributed by atoms with Crippen molar-refractivity contribution in [1.29, 1.82) is 0 Å². The molecule has 1 fully saturated rings. The zero-order valence-corrected chi connectivity index (χ0v) is 17.5. The van der Waals surface area contributed by atoms with Crippen LogP contribution in [0.1, 0.15) is 55.6 Å². The Hall–Kier alpha value is -2.63. The summed E-state index contributed by atoms with van der Waals surface area (Å²) in [5.74, 6) is 0.310. The Labute approximate surface area is 180 Å². The summed E-state index contributed by atoms with van der Waals surface area (Å²) in [7, 11) is 1.70. The van der Waals surface area contributed by atoms with E-state index in [-0.39, 0.29) is 19.1 Å². The van der Waals surface area contributed by atoms with Crippen molar-refractivity contribution in [1.82, 2.24) is 9.96 Å². The van der Waals surface area contributed by atoms with E-state index >= 15 is 0 Å². The maximum absolute atomic E-state index is 12.6. The number of phenols is 1. The number of amides is 1. The van der Waals surface area contributed by atoms with Gasteiger partial charge in [0.15, 0.2) is 0 Å². The molecule has 0 saturated carbocycles. The molecule has 1 amide bonds. The Morgan fingerprint density at radius 2 is 1.60 bits per heavy atom. The van der Waals surface area contributed by atoms with Crippen molar-refractivity contribution in [3.63, 3.8) is 0 Å². The number of phenolic OH excluding ortho intramolecular Hbond substituents is 1. The maximum Gasteiger partial charge on any atom is 0.253 e. The van der Waals surface area contributed by atoms with Crippen LogP contribution in [0.4, 0.5) is 0 Å². The number of nitrogens with zero attached hydrogens (tertiary/aromatic N) is 2. The third-order valence-electron chi connectivity index (χ3n) is 5.54. The van der Waals surface area contributed by atoms with Crippen LogP contribution in [0.15, 0.2) is 54.1 Å². The number of carbonyl (C=O) groups excluding carboxylic acids is 1. The molecule has 1 aliphatic rings. The zero-order chi connectivity index (χ0) is 20.8. The molecule has 0 atom stereocenters. The van der Waals surface area contributed by atoms with Gasteiger partial charge in [0.05, 0.1) is 7.11 Å². The highest BCUT2D eigenvalue weighted by Crippen LogP contribution is 2.33. The topological polar surface area (TPSA) is 53.0 Å². The summed E-state index contributed by atoms with van der Waals surface area (Å²) in [5, 5.41) is 12.0. The molecule has 0 aliphatic carbocycles. The van der Waals surface area contributed by atoms with Crippen LogP contribution in [-0.4, -0.2) is 54.3 Å². The lowest BCUT2D eigenvalue weighted by Gasteiger charge is -2.28. The second-order valence-electron chi connectivity index (χ2n) is 7.20. The van der Waals surface area contributed by atoms with Crippen LogP contribution in [0.25, 0.3) is 5.57 Å². The summed E-state index contributed by atoms with van der Waals surface area (Å²) in [5.41, 5.74) is 5.23. The summed E-state index contributed by atoms with van der Waals surface area (Å²) in [6, 6.07) is 15.2. The molecule has 162 valence electrons. The first-order valence-electron chi connectivity index (χ1n) is 10.3. The Morgan fingerprint density at radius 3 is 2.13 bits per heavy atom. The molecule has 3 rings (SSSR count). The molecule has 0 unspecified atom stereocenters. The standard InChI is InChI=1S/C24H30N2O3.CH4/c1-4-25(5-2)24(28)20-11-9-18(10-12-20)23(21-7-6-8-22(27)17-21)19-13-15-26(29-3)16-14-19;/h6-12,17,27H,4-5,13-16H2,1-3H3;1H4. The van der Waals surface area contributed by atoms with Crippen molar-refractivity contribution in [2.45, 2.75) is 34.1 Å². The van der Waals surface area contributed by atoms with E-state index in [2.05, 4.69) is 0 Å². The Balaban J connectivity index is 0.00000320. The van der Waals surface area contributed by atoms with Crippen molar-refractivity contribution in [3.8, 4) is 5.75 Å². The first-order valence-corrected chi connectivity index (χ1v) is 10.3. The van der Waals surface area contributed by atoms with Gasteiger partial charge in [-0.25, -0.2) is 0 Å². The van der Waals surface area contributed by atoms with E-state index in [4.69, 9.17) is 4.84 Å². The monoisotopic (exact) mass is 410 g/mol. The average Bonchev–Trinajstić information content (AvgIpc) is 2.76. The summed E-state index contributed by atoms with van der Waals surface area (Å²) >= 11 is 0. The highest BCUT2D eigenvalue weighted by molar-refractivity contribution is 5.95. The van der Waals surface area contributed by atoms with Gasteiger partial charge in [-0.1, -0.05) is 37.3 Å². The fourth-order valence-electron chi connectivity index (χ4n) is 3.90. The number of aromatic hydroxyl groups is 1. The molecule has 1 N–H and O–H groups in total. The number of benzene rings is 2. The van der Waals surface area contributed by atoms with Gasteiger partial charge in [0.25, 0.3) is 5.91 Å². The molecule has 2 aromatic carbocycles. The lowest BCUT2D eigenvalue weighted by atomic mass is 9.88. The van der Waals surface area contributed by atoms with Crippen LogP contribution < -0.4 is 0 Å². The molecule has 1 aliphatic heterocycles. The van der Waals surface area contributed by atoms with E-state index in [1.165, 1.54) is 5.57 Å². The molecule has 2 aromatic rings. The summed E-state index contributed by atoms with van der Waals surface area (Å²) in [6.45, 7) is 7.07. The minimum atomic E-state index is 0. The number of hydroxylamine groups is 2. The Morgan fingerprint density at radius 1 is 1.00 bits per heavy atom. The smallest absolute Gasteiger partial charge is 0.253 e. The minimum absolute atomic E-state index is 0. The lowest BCUT2D eigenvalue weighted by Crippen LogP contribution is -2.30. The quantitative estimate of drug-likeness (QED) is 0.731. The molecule has 0 bridgehead atoms. The van der Waals surface area contributed by atoms with Crippen molar-refractivity contribution < 1.29 is 14.7 Å². The molecular weight excluding hydrogens is 376 g/mol. The third kappa shape index (κ3) is 5.29. The van der Waals surface area contributed by atoms with Crippen molar-refractivity contribution in [3.05, 3.63) is 70.8 Å². The van der Waals surface area contributed by atoms with E-state index < -0.39 is 0 Å². The van der Waals surface area contributed by atoms with Gasteiger partial charge in [-0.2, -0.15) is 5.06 Å². The van der Waals surface area contributed by atoms with Crippen molar-refractivity contribution >= 4 is 11.5 Å². The first kappa shape index (κ1) is 23.6. The fourth-order valence-corrected chi connectivity index (χ4v) is 3.90. The molecule has 0 radical (unpaired) electrons. The fraction of sp³-hybridized carbons (Fsp3) is 0.400. The predicted molar refractivity (Wildman–Crippen MR) is 122 cm³/mol. The van der Waals surface area contributed by atoms with E-state index in [1.54, 1.807) is 19.2 Å². The van der Waals surface area contributed by atoms with Gasteiger partial charge in [0.2, 0.25) is 0 Å². The summed E-state index contributed by atoms with van der Waals surface area (Å²) < 4.78 is 0. The number of piperidine rings is 1. The second kappa shape index (κ2) is 11.0. The summed E-state index contributed by atoms with van der Waals surface area (Å²) in [6.07, 6.45) is 1.80. The summed E-state index contributed by atoms with van der Waals surface area (Å²) in [4.78, 5) is 19.8. The van der Waals surface area contributed by atoms with Gasteiger partial charge in [0, 0.05) is 31.7 Å². The van der Waals surface area contributed by atoms with E-state index in [0.29, 0.717) is 18.7 Å². The largest absolute Gasteiger partial charge is 0.508 e. The Bertz CT molecular complexity index is 860. The molecular formula is C25H34N2O3. The van der Waals surface area contributed by atoms with E-state index in [1.807, 2.05) is 60.2 Å². The van der Waals surface area contributed by atoms with Crippen molar-refractivity contribution in [2.75, 3.05) is 33.3 Å². The highest BCUT2D eigenvalue weighted by atomic mass is 16.7. The van der Waals surface area contributed by atoms with Crippen LogP contribution in [-0.2, 0) is 4.84 Å². The molecule has 0 aromatic heterocycles. The maximum atomic E-state index is 12.6. The van der Waals surface area contributed by atoms with E-state index in [0.717, 1.165) is 42.6 Å². The van der Waals surface area contributed by atoms with Crippen molar-refractivity contribution in [2.24, 2.45) is 0 Å². The SMILES string of the molecule is C.CCN(CC)C(=O)c1ccc(C(=C2CCN(OC)CC2)c2cccc(O)c2)cc1. The van der Waals surface area contributed by atoms with Crippen LogP contribution in [0, 0.1) is 0 Å². The van der Waals surface area contributed by atoms with Crippen LogP contribution in [0.5, 0.6) is 5.75 Å². The molecule has 1 saturated heterocycles. The first-order chi connectivity index (χ1) is 14.1. The lowest BCUT2D eigenvalue weighted by molar-refractivity contribution is -0.135. The third-order valence-corrected chi connectivity index (χ3v) is 5.54. The van der Waals surface area contributed by atoms with Gasteiger partial charge >= 0.3 is 0 Å². The number of hydrogen-bond donors (Lipinski definition) is 1. The molecule has 0 spiro atoms. The van der Waals surface area contributed by atoms with Crippen LogP contribution in [0.2, 0.25) is 0 Å². The predicted octanol–water partition coefficient (Wildman–Crippen LogP) is 4.97. The second-order valence-corrected chi connectivity index (χ2v) is 7.20. The van der Waals surface area contributed by atoms with E-state index in [9.17, 15) is 9.90 Å². The van der Waals surface area contributed by atoms with Gasteiger partial charge in [-0.05, 0) is 67.7 Å². The molecule has 5 nitrogen and oxygen atoms in total. The van der Waals surface area contributed by atoms with Gasteiger partial charge < -0.3 is 14.8 Å². The van der Waals surface area contributed by atoms with Crippen LogP contribution >= 0.6 is 0 Å². The number of rotatable bonds is 6. The zero-order valence-electron chi connectivity index (χ0n) is 17.5. The molecule has 1 heterocycles. The number of carbonyl (C=O) groups is 1. The minimum Gasteiger partial charge on any atom is -0.508 e. The molecule has 30 heavy (non-hydrogen) atoms. The average molecular weight is 411 g/mol. The Kier molecular flexibility index (Phi) is 8.63. The highest BCUT2D eigenvalue weighted by Gasteiger charge is 2.20. The van der Waals surface area contributed by atoms with Gasteiger partial charge in [-0.3, -0.25) is 4.79 Å². The van der Waals surface area contributed by atoms with Gasteiger partial charge in [0.1, 0.15) is 5.75 Å². The van der Waals surface area contributed by atoms with Crippen LogP contribution in [0.3, 0.4) is 0 Å². The van der Waals surface area contributed by atoms with Gasteiger partial charge in [-0.15, -0.1) is 0 Å². The molecule has 5 heteroatoms. The number of hydrogen-bond acceptors (Lipinski definition) is 4.